The van der Waals surface area contributed by atoms with Crippen molar-refractivity contribution in [3.05, 3.63) is 35.9 Å². The zero-order chi connectivity index (χ0) is 13.8. The highest BCUT2D eigenvalue weighted by Crippen LogP contribution is 2.37. The molecule has 0 radical (unpaired) electrons. The van der Waals surface area contributed by atoms with E-state index in [1.165, 1.54) is 24.8 Å². The van der Waals surface area contributed by atoms with Crippen molar-refractivity contribution in [2.24, 2.45) is 5.92 Å². The van der Waals surface area contributed by atoms with Gasteiger partial charge in [0.15, 0.2) is 0 Å². The zero-order valence-electron chi connectivity index (χ0n) is 11.8. The summed E-state index contributed by atoms with van der Waals surface area (Å²) < 4.78 is 4.95. The Morgan fingerprint density at radius 3 is 2.70 bits per heavy atom. The highest BCUT2D eigenvalue weighted by atomic mass is 16.6. The molecular formula is C16H22N2O2. The molecule has 2 fully saturated rings. The Balaban J connectivity index is 1.55. The molecule has 3 rings (SSSR count). The molecule has 4 nitrogen and oxygen atoms in total. The minimum absolute atomic E-state index is 0.174. The molecule has 0 aromatic heterocycles. The Morgan fingerprint density at radius 2 is 2.10 bits per heavy atom. The number of ether oxygens (including phenoxy) is 1. The van der Waals surface area contributed by atoms with Gasteiger partial charge in [0, 0.05) is 19.1 Å². The fraction of sp³-hybridized carbons (Fsp3) is 0.562. The molecule has 1 aromatic carbocycles. The van der Waals surface area contributed by atoms with Gasteiger partial charge in [-0.2, -0.15) is 0 Å². The number of hydrogen-bond donors (Lipinski definition) is 1. The van der Waals surface area contributed by atoms with E-state index < -0.39 is 0 Å². The lowest BCUT2D eigenvalue weighted by atomic mass is 9.77. The lowest BCUT2D eigenvalue weighted by molar-refractivity contribution is 0.157. The van der Waals surface area contributed by atoms with Crippen LogP contribution in [0.5, 0.6) is 0 Å². The van der Waals surface area contributed by atoms with Crippen LogP contribution in [0.25, 0.3) is 0 Å². The zero-order valence-corrected chi connectivity index (χ0v) is 11.8. The quantitative estimate of drug-likeness (QED) is 0.867. The predicted molar refractivity (Wildman–Crippen MR) is 77.4 cm³/mol. The van der Waals surface area contributed by atoms with Gasteiger partial charge in [0.1, 0.15) is 6.61 Å². The Morgan fingerprint density at radius 1 is 1.30 bits per heavy atom. The van der Waals surface area contributed by atoms with Crippen LogP contribution in [0.15, 0.2) is 30.3 Å². The van der Waals surface area contributed by atoms with Crippen molar-refractivity contribution in [3.63, 3.8) is 0 Å². The van der Waals surface area contributed by atoms with Crippen LogP contribution in [-0.2, 0) is 4.74 Å². The summed E-state index contributed by atoms with van der Waals surface area (Å²) in [6, 6.07) is 11.1. The average Bonchev–Trinajstić information content (AvgIpc) is 2.82. The molecule has 2 aliphatic rings. The Labute approximate surface area is 120 Å². The van der Waals surface area contributed by atoms with E-state index in [0.29, 0.717) is 12.6 Å². The SMILES string of the molecule is O=C1OCCN1CCN[C@@H](c1ccccc1)C1CCC1. The molecule has 1 saturated heterocycles. The van der Waals surface area contributed by atoms with Gasteiger partial charge in [-0.1, -0.05) is 36.8 Å². The summed E-state index contributed by atoms with van der Waals surface area (Å²) >= 11 is 0. The fourth-order valence-corrected chi connectivity index (χ4v) is 2.97. The van der Waals surface area contributed by atoms with E-state index in [-0.39, 0.29) is 6.09 Å². The second kappa shape index (κ2) is 6.27. The van der Waals surface area contributed by atoms with Gasteiger partial charge in [-0.25, -0.2) is 4.79 Å². The fourth-order valence-electron chi connectivity index (χ4n) is 2.97. The topological polar surface area (TPSA) is 41.6 Å². The molecule has 4 heteroatoms. The van der Waals surface area contributed by atoms with Crippen LogP contribution in [0.4, 0.5) is 4.79 Å². The summed E-state index contributed by atoms with van der Waals surface area (Å²) in [6.45, 7) is 2.81. The molecule has 1 amide bonds. The highest BCUT2D eigenvalue weighted by Gasteiger charge is 2.28. The number of benzene rings is 1. The third-order valence-electron chi connectivity index (χ3n) is 4.37. The summed E-state index contributed by atoms with van der Waals surface area (Å²) in [5, 5.41) is 3.64. The van der Waals surface area contributed by atoms with Gasteiger partial charge in [-0.15, -0.1) is 0 Å². The van der Waals surface area contributed by atoms with Crippen LogP contribution in [0.2, 0.25) is 0 Å². The number of carbonyl (C=O) groups excluding carboxylic acids is 1. The molecular weight excluding hydrogens is 252 g/mol. The maximum atomic E-state index is 11.4. The normalized spacial score (nSPS) is 20.6. The summed E-state index contributed by atoms with van der Waals surface area (Å²) in [5.74, 6) is 0.739. The standard InChI is InChI=1S/C16H22N2O2/c19-16-18(11-12-20-16)10-9-17-15(14-7-4-8-14)13-5-2-1-3-6-13/h1-3,5-6,14-15,17H,4,7-12H2/t15-/m0/s1. The molecule has 1 saturated carbocycles. The lowest BCUT2D eigenvalue weighted by Gasteiger charge is -2.35. The summed E-state index contributed by atoms with van der Waals surface area (Å²) in [5.41, 5.74) is 1.36. The molecule has 0 spiro atoms. The van der Waals surface area contributed by atoms with Crippen LogP contribution in [-0.4, -0.2) is 37.2 Å². The number of rotatable bonds is 6. The van der Waals surface area contributed by atoms with Gasteiger partial charge in [-0.3, -0.25) is 0 Å². The molecule has 0 bridgehead atoms. The van der Waals surface area contributed by atoms with E-state index >= 15 is 0 Å². The molecule has 1 heterocycles. The minimum Gasteiger partial charge on any atom is -0.448 e. The van der Waals surface area contributed by atoms with Gasteiger partial charge in [0.25, 0.3) is 0 Å². The molecule has 1 aromatic rings. The van der Waals surface area contributed by atoms with Gasteiger partial charge in [0.05, 0.1) is 6.54 Å². The Bertz CT molecular complexity index is 445. The van der Waals surface area contributed by atoms with Gasteiger partial charge < -0.3 is 15.0 Å². The molecule has 20 heavy (non-hydrogen) atoms. The first-order valence-electron chi connectivity index (χ1n) is 7.54. The van der Waals surface area contributed by atoms with Crippen LogP contribution < -0.4 is 5.32 Å². The van der Waals surface area contributed by atoms with E-state index in [0.717, 1.165) is 25.6 Å². The minimum atomic E-state index is -0.174. The van der Waals surface area contributed by atoms with Crippen molar-refractivity contribution in [1.29, 1.82) is 0 Å². The first-order valence-corrected chi connectivity index (χ1v) is 7.54. The number of hydrogen-bond acceptors (Lipinski definition) is 3. The van der Waals surface area contributed by atoms with Crippen molar-refractivity contribution >= 4 is 6.09 Å². The van der Waals surface area contributed by atoms with E-state index in [2.05, 4.69) is 35.6 Å². The van der Waals surface area contributed by atoms with Crippen molar-refractivity contribution in [2.45, 2.75) is 25.3 Å². The number of nitrogens with one attached hydrogen (secondary N) is 1. The third-order valence-corrected chi connectivity index (χ3v) is 4.37. The van der Waals surface area contributed by atoms with Crippen molar-refractivity contribution in [2.75, 3.05) is 26.2 Å². The first kappa shape index (κ1) is 13.4. The lowest BCUT2D eigenvalue weighted by Crippen LogP contribution is -2.38. The third kappa shape index (κ3) is 2.96. The monoisotopic (exact) mass is 274 g/mol. The molecule has 0 unspecified atom stereocenters. The van der Waals surface area contributed by atoms with Crippen LogP contribution in [0, 0.1) is 5.92 Å². The largest absolute Gasteiger partial charge is 0.448 e. The second-order valence-electron chi connectivity index (χ2n) is 5.63. The first-order chi connectivity index (χ1) is 9.84. The summed E-state index contributed by atoms with van der Waals surface area (Å²) in [4.78, 5) is 13.2. The van der Waals surface area contributed by atoms with Crippen molar-refractivity contribution in [3.8, 4) is 0 Å². The number of nitrogens with zero attached hydrogens (tertiary/aromatic N) is 1. The maximum absolute atomic E-state index is 11.4. The van der Waals surface area contributed by atoms with E-state index in [1.54, 1.807) is 4.90 Å². The van der Waals surface area contributed by atoms with Crippen LogP contribution in [0.1, 0.15) is 30.9 Å². The second-order valence-corrected chi connectivity index (χ2v) is 5.63. The highest BCUT2D eigenvalue weighted by molar-refractivity contribution is 5.69. The van der Waals surface area contributed by atoms with Gasteiger partial charge >= 0.3 is 6.09 Å². The number of amides is 1. The molecule has 1 aliphatic carbocycles. The van der Waals surface area contributed by atoms with E-state index in [9.17, 15) is 4.79 Å². The molecule has 1 atom stereocenters. The van der Waals surface area contributed by atoms with Gasteiger partial charge in [-0.05, 0) is 24.3 Å². The predicted octanol–water partition coefficient (Wildman–Crippen LogP) is 2.57. The number of carbonyl (C=O) groups is 1. The van der Waals surface area contributed by atoms with Crippen LogP contribution >= 0.6 is 0 Å². The maximum Gasteiger partial charge on any atom is 0.409 e. The smallest absolute Gasteiger partial charge is 0.409 e. The van der Waals surface area contributed by atoms with Crippen molar-refractivity contribution in [1.82, 2.24) is 10.2 Å². The Hall–Kier alpha value is -1.55. The Kier molecular flexibility index (Phi) is 4.21. The summed E-state index contributed by atoms with van der Waals surface area (Å²) in [7, 11) is 0. The molecule has 1 N–H and O–H groups in total. The average molecular weight is 274 g/mol. The van der Waals surface area contributed by atoms with Gasteiger partial charge in [0.2, 0.25) is 0 Å². The van der Waals surface area contributed by atoms with Crippen LogP contribution in [0.3, 0.4) is 0 Å². The molecule has 108 valence electrons. The summed E-state index contributed by atoms with van der Waals surface area (Å²) in [6.07, 6.45) is 3.77. The van der Waals surface area contributed by atoms with Crippen molar-refractivity contribution < 1.29 is 9.53 Å². The van der Waals surface area contributed by atoms with E-state index in [4.69, 9.17) is 4.74 Å². The van der Waals surface area contributed by atoms with E-state index in [1.807, 2.05) is 0 Å². The molecule has 1 aliphatic heterocycles. The number of cyclic esters (lactones) is 1.